The van der Waals surface area contributed by atoms with Gasteiger partial charge in [-0.3, -0.25) is 0 Å². The van der Waals surface area contributed by atoms with Crippen LogP contribution in [0, 0.1) is 0 Å². The maximum absolute atomic E-state index is 5.63. The van der Waals surface area contributed by atoms with Crippen LogP contribution in [0.5, 0.6) is 0 Å². The molecule has 2 rings (SSSR count). The first-order valence-electron chi connectivity index (χ1n) is 3.96. The van der Waals surface area contributed by atoms with Crippen molar-refractivity contribution in [2.75, 3.05) is 5.32 Å². The minimum absolute atomic E-state index is 0.249. The third-order valence-electron chi connectivity index (χ3n) is 1.56. The minimum atomic E-state index is 0.249. The Kier molecular flexibility index (Phi) is 2.90. The second-order valence-electron chi connectivity index (χ2n) is 2.54. The molecule has 0 atom stereocenters. The predicted octanol–water partition coefficient (Wildman–Crippen LogP) is 2.20. The first kappa shape index (κ1) is 9.36. The molecule has 2 aromatic rings. The van der Waals surface area contributed by atoms with Crippen LogP contribution in [0.2, 0.25) is 5.28 Å². The third kappa shape index (κ3) is 2.40. The van der Waals surface area contributed by atoms with Crippen LogP contribution < -0.4 is 5.32 Å². The van der Waals surface area contributed by atoms with E-state index in [1.165, 1.54) is 11.5 Å². The van der Waals surface area contributed by atoms with Gasteiger partial charge in [-0.15, -0.1) is 0 Å². The van der Waals surface area contributed by atoms with Gasteiger partial charge in [0.05, 0.1) is 6.54 Å². The van der Waals surface area contributed by atoms with Crippen LogP contribution in [0.1, 0.15) is 4.88 Å². The maximum Gasteiger partial charge on any atom is 0.224 e. The first-order chi connectivity index (χ1) is 6.84. The number of hydrogen-bond acceptors (Lipinski definition) is 5. The molecule has 14 heavy (non-hydrogen) atoms. The van der Waals surface area contributed by atoms with Gasteiger partial charge in [0, 0.05) is 17.3 Å². The Morgan fingerprint density at radius 1 is 1.36 bits per heavy atom. The molecule has 1 N–H and O–H groups in total. The van der Waals surface area contributed by atoms with Gasteiger partial charge < -0.3 is 5.32 Å². The first-order valence-corrected chi connectivity index (χ1v) is 5.12. The van der Waals surface area contributed by atoms with E-state index in [1.807, 2.05) is 6.07 Å². The largest absolute Gasteiger partial charge is 0.365 e. The summed E-state index contributed by atoms with van der Waals surface area (Å²) in [6, 6.07) is 3.73. The fourth-order valence-corrected chi connectivity index (χ4v) is 1.61. The lowest BCUT2D eigenvalue weighted by molar-refractivity contribution is 1.10. The van der Waals surface area contributed by atoms with Gasteiger partial charge in [0.25, 0.3) is 0 Å². The van der Waals surface area contributed by atoms with E-state index in [2.05, 4.69) is 19.7 Å². The van der Waals surface area contributed by atoms with E-state index in [4.69, 9.17) is 11.6 Å². The van der Waals surface area contributed by atoms with E-state index >= 15 is 0 Å². The highest BCUT2D eigenvalue weighted by atomic mass is 35.5. The topological polar surface area (TPSA) is 50.7 Å². The van der Waals surface area contributed by atoms with Crippen LogP contribution in [0.3, 0.4) is 0 Å². The zero-order chi connectivity index (χ0) is 9.80. The van der Waals surface area contributed by atoms with Gasteiger partial charge in [-0.2, -0.15) is 0 Å². The number of nitrogens with one attached hydrogen (secondary N) is 1. The summed E-state index contributed by atoms with van der Waals surface area (Å²) in [6.07, 6.45) is 3.39. The number of aromatic nitrogens is 3. The van der Waals surface area contributed by atoms with Crippen LogP contribution in [0.15, 0.2) is 24.5 Å². The van der Waals surface area contributed by atoms with Crippen molar-refractivity contribution in [1.82, 2.24) is 14.3 Å². The normalized spacial score (nSPS) is 10.1. The summed E-state index contributed by atoms with van der Waals surface area (Å²) in [7, 11) is 0. The molecular formula is C8H7ClN4S. The Morgan fingerprint density at radius 2 is 2.29 bits per heavy atom. The summed E-state index contributed by atoms with van der Waals surface area (Å²) in [6.45, 7) is 0.706. The fourth-order valence-electron chi connectivity index (χ4n) is 0.944. The monoisotopic (exact) mass is 226 g/mol. The van der Waals surface area contributed by atoms with Crippen molar-refractivity contribution in [3.8, 4) is 0 Å². The van der Waals surface area contributed by atoms with Crippen molar-refractivity contribution < 1.29 is 0 Å². The number of nitrogens with zero attached hydrogens (tertiary/aromatic N) is 3. The Balaban J connectivity index is 1.98. The molecule has 0 saturated carbocycles. The summed E-state index contributed by atoms with van der Waals surface area (Å²) < 4.78 is 3.99. The van der Waals surface area contributed by atoms with Crippen LogP contribution in [-0.4, -0.2) is 14.3 Å². The molecule has 0 unspecified atom stereocenters. The van der Waals surface area contributed by atoms with Gasteiger partial charge in [-0.1, -0.05) is 0 Å². The molecule has 72 valence electrons. The standard InChI is InChI=1S/C8H7ClN4S/c9-8-10-3-2-7(13-8)11-5-6-1-4-12-14-6/h1-4H,5H2,(H,10,11,13). The Bertz CT molecular complexity index is 403. The van der Waals surface area contributed by atoms with E-state index in [9.17, 15) is 0 Å². The number of anilines is 1. The van der Waals surface area contributed by atoms with Gasteiger partial charge in [0.2, 0.25) is 5.28 Å². The lowest BCUT2D eigenvalue weighted by Crippen LogP contribution is -1.99. The summed E-state index contributed by atoms with van der Waals surface area (Å²) in [5.74, 6) is 0.721. The molecule has 0 bridgehead atoms. The van der Waals surface area contributed by atoms with Crippen LogP contribution in [-0.2, 0) is 6.54 Å². The quantitative estimate of drug-likeness (QED) is 0.816. The average Bonchev–Trinajstić information content (AvgIpc) is 2.67. The third-order valence-corrected chi connectivity index (χ3v) is 2.49. The molecule has 0 aromatic carbocycles. The molecule has 2 aromatic heterocycles. The van der Waals surface area contributed by atoms with Gasteiger partial charge in [-0.05, 0) is 35.3 Å². The molecule has 0 amide bonds. The predicted molar refractivity (Wildman–Crippen MR) is 56.5 cm³/mol. The fraction of sp³-hybridized carbons (Fsp3) is 0.125. The van der Waals surface area contributed by atoms with Crippen molar-refractivity contribution in [3.63, 3.8) is 0 Å². The zero-order valence-electron chi connectivity index (χ0n) is 7.14. The lowest BCUT2D eigenvalue weighted by atomic mass is 10.4. The van der Waals surface area contributed by atoms with E-state index < -0.39 is 0 Å². The SMILES string of the molecule is Clc1nccc(NCc2ccns2)n1. The average molecular weight is 227 g/mol. The molecule has 0 radical (unpaired) electrons. The Morgan fingerprint density at radius 3 is 3.00 bits per heavy atom. The molecule has 0 aliphatic carbocycles. The van der Waals surface area contributed by atoms with Crippen molar-refractivity contribution in [2.45, 2.75) is 6.54 Å². The minimum Gasteiger partial charge on any atom is -0.365 e. The van der Waals surface area contributed by atoms with Gasteiger partial charge >= 0.3 is 0 Å². The molecular weight excluding hydrogens is 220 g/mol. The van der Waals surface area contributed by atoms with Crippen LogP contribution in [0.4, 0.5) is 5.82 Å². The van der Waals surface area contributed by atoms with E-state index in [-0.39, 0.29) is 5.28 Å². The van der Waals surface area contributed by atoms with Gasteiger partial charge in [-0.25, -0.2) is 14.3 Å². The van der Waals surface area contributed by atoms with Crippen LogP contribution in [0.25, 0.3) is 0 Å². The molecule has 6 heteroatoms. The summed E-state index contributed by atoms with van der Waals surface area (Å²) in [5, 5.41) is 3.37. The maximum atomic E-state index is 5.63. The van der Waals surface area contributed by atoms with Crippen molar-refractivity contribution in [3.05, 3.63) is 34.7 Å². The highest BCUT2D eigenvalue weighted by Gasteiger charge is 1.97. The summed E-state index contributed by atoms with van der Waals surface area (Å²) in [4.78, 5) is 8.94. The number of hydrogen-bond donors (Lipinski definition) is 1. The van der Waals surface area contributed by atoms with Crippen LogP contribution >= 0.6 is 23.1 Å². The Hall–Kier alpha value is -1.20. The van der Waals surface area contributed by atoms with E-state index in [1.54, 1.807) is 18.5 Å². The molecule has 0 aliphatic heterocycles. The van der Waals surface area contributed by atoms with E-state index in [0.29, 0.717) is 6.54 Å². The smallest absolute Gasteiger partial charge is 0.224 e. The Labute approximate surface area is 90.1 Å². The molecule has 0 saturated heterocycles. The van der Waals surface area contributed by atoms with E-state index in [0.717, 1.165) is 10.7 Å². The van der Waals surface area contributed by atoms with Crippen molar-refractivity contribution >= 4 is 29.0 Å². The summed E-state index contributed by atoms with van der Waals surface area (Å²) >= 11 is 7.09. The molecule has 2 heterocycles. The number of rotatable bonds is 3. The zero-order valence-corrected chi connectivity index (χ0v) is 8.72. The van der Waals surface area contributed by atoms with Crippen molar-refractivity contribution in [2.24, 2.45) is 0 Å². The molecule has 0 fully saturated rings. The second-order valence-corrected chi connectivity index (χ2v) is 3.80. The van der Waals surface area contributed by atoms with Gasteiger partial charge in [0.1, 0.15) is 5.82 Å². The van der Waals surface area contributed by atoms with Crippen molar-refractivity contribution in [1.29, 1.82) is 0 Å². The molecule has 4 nitrogen and oxygen atoms in total. The lowest BCUT2D eigenvalue weighted by Gasteiger charge is -2.02. The van der Waals surface area contributed by atoms with Gasteiger partial charge in [0.15, 0.2) is 0 Å². The highest BCUT2D eigenvalue weighted by Crippen LogP contribution is 2.09. The summed E-state index contributed by atoms with van der Waals surface area (Å²) in [5.41, 5.74) is 0. The number of halogens is 1. The second kappa shape index (κ2) is 4.34. The molecule has 0 aliphatic rings. The highest BCUT2D eigenvalue weighted by molar-refractivity contribution is 7.05. The molecule has 0 spiro atoms.